The number of carbonyl (C=O) groups excluding carboxylic acids is 1. The van der Waals surface area contributed by atoms with Crippen LogP contribution in [0.4, 0.5) is 0 Å². The monoisotopic (exact) mass is 336 g/mol. The molecule has 1 aliphatic heterocycles. The fourth-order valence-corrected chi connectivity index (χ4v) is 3.60. The summed E-state index contributed by atoms with van der Waals surface area (Å²) in [7, 11) is 1.96. The van der Waals surface area contributed by atoms with Gasteiger partial charge in [0.2, 0.25) is 5.91 Å². The first-order chi connectivity index (χ1) is 9.70. The number of benzene rings is 1. The van der Waals surface area contributed by atoms with Gasteiger partial charge in [-0.25, -0.2) is 0 Å². The van der Waals surface area contributed by atoms with Crippen LogP contribution in [-0.2, 0) is 4.79 Å². The van der Waals surface area contributed by atoms with E-state index in [1.807, 2.05) is 7.05 Å². The number of hydrogen-bond acceptors (Lipinski definition) is 2. The van der Waals surface area contributed by atoms with Crippen molar-refractivity contribution in [1.82, 2.24) is 10.2 Å². The van der Waals surface area contributed by atoms with E-state index in [1.165, 1.54) is 5.56 Å². The Bertz CT molecular complexity index is 488. The molecule has 4 heteroatoms. The lowest BCUT2D eigenvalue weighted by atomic mass is 10.1. The first kappa shape index (κ1) is 14.1. The molecule has 108 valence electrons. The molecule has 1 heterocycles. The highest BCUT2D eigenvalue weighted by Crippen LogP contribution is 2.49. The largest absolute Gasteiger partial charge is 0.338 e. The number of likely N-dealkylation sites (N-methyl/N-ethyl adjacent to an activating group) is 1. The summed E-state index contributed by atoms with van der Waals surface area (Å²) < 4.78 is 1.10. The summed E-state index contributed by atoms with van der Waals surface area (Å²) in [5.74, 6) is 1.02. The first-order valence-electron chi connectivity index (χ1n) is 7.41. The maximum absolute atomic E-state index is 12.6. The van der Waals surface area contributed by atoms with Gasteiger partial charge in [0.05, 0.1) is 0 Å². The van der Waals surface area contributed by atoms with E-state index < -0.39 is 0 Å². The van der Waals surface area contributed by atoms with Crippen molar-refractivity contribution < 1.29 is 4.79 Å². The SMILES string of the molecule is CNC[C@@H]1CCCN1C(=O)[C@@H]1C[C@H]1c1ccc(Br)cc1. The zero-order valence-electron chi connectivity index (χ0n) is 11.8. The summed E-state index contributed by atoms with van der Waals surface area (Å²) in [5.41, 5.74) is 1.30. The molecule has 1 aromatic rings. The summed E-state index contributed by atoms with van der Waals surface area (Å²) in [6.45, 7) is 1.86. The molecular weight excluding hydrogens is 316 g/mol. The minimum atomic E-state index is 0.216. The van der Waals surface area contributed by atoms with Crippen molar-refractivity contribution in [2.75, 3.05) is 20.1 Å². The van der Waals surface area contributed by atoms with Gasteiger partial charge >= 0.3 is 0 Å². The van der Waals surface area contributed by atoms with Crippen LogP contribution >= 0.6 is 15.9 Å². The molecule has 1 aliphatic carbocycles. The van der Waals surface area contributed by atoms with Gasteiger partial charge in [-0.1, -0.05) is 28.1 Å². The number of hydrogen-bond donors (Lipinski definition) is 1. The number of halogens is 1. The molecule has 1 amide bonds. The van der Waals surface area contributed by atoms with Crippen molar-refractivity contribution in [2.45, 2.75) is 31.2 Å². The maximum Gasteiger partial charge on any atom is 0.226 e. The Kier molecular flexibility index (Phi) is 4.13. The normalized spacial score (nSPS) is 28.7. The van der Waals surface area contributed by atoms with E-state index in [4.69, 9.17) is 0 Å². The Morgan fingerprint density at radius 3 is 2.85 bits per heavy atom. The smallest absolute Gasteiger partial charge is 0.226 e. The lowest BCUT2D eigenvalue weighted by Gasteiger charge is -2.24. The highest BCUT2D eigenvalue weighted by molar-refractivity contribution is 9.10. The maximum atomic E-state index is 12.6. The second-order valence-electron chi connectivity index (χ2n) is 5.89. The highest BCUT2D eigenvalue weighted by Gasteiger charge is 2.47. The third-order valence-corrected chi connectivity index (χ3v) is 5.03. The number of amides is 1. The Balaban J connectivity index is 1.63. The van der Waals surface area contributed by atoms with Crippen LogP contribution in [0.2, 0.25) is 0 Å². The van der Waals surface area contributed by atoms with E-state index in [0.29, 0.717) is 17.9 Å². The molecule has 1 N–H and O–H groups in total. The molecular formula is C16H21BrN2O. The zero-order valence-corrected chi connectivity index (χ0v) is 13.4. The Labute approximate surface area is 128 Å². The van der Waals surface area contributed by atoms with Crippen LogP contribution in [0, 0.1) is 5.92 Å². The molecule has 0 bridgehead atoms. The van der Waals surface area contributed by atoms with E-state index in [2.05, 4.69) is 50.4 Å². The van der Waals surface area contributed by atoms with Crippen molar-refractivity contribution >= 4 is 21.8 Å². The van der Waals surface area contributed by atoms with Crippen LogP contribution in [0.15, 0.2) is 28.7 Å². The third-order valence-electron chi connectivity index (χ3n) is 4.51. The molecule has 3 rings (SSSR count). The zero-order chi connectivity index (χ0) is 14.1. The van der Waals surface area contributed by atoms with E-state index in [-0.39, 0.29) is 5.92 Å². The molecule has 1 saturated heterocycles. The molecule has 2 fully saturated rings. The minimum Gasteiger partial charge on any atom is -0.338 e. The Morgan fingerprint density at radius 2 is 2.15 bits per heavy atom. The van der Waals surface area contributed by atoms with Gasteiger partial charge in [0.25, 0.3) is 0 Å². The first-order valence-corrected chi connectivity index (χ1v) is 8.20. The number of likely N-dealkylation sites (tertiary alicyclic amines) is 1. The summed E-state index contributed by atoms with van der Waals surface area (Å²) in [4.78, 5) is 14.7. The predicted molar refractivity (Wildman–Crippen MR) is 83.7 cm³/mol. The molecule has 0 radical (unpaired) electrons. The summed E-state index contributed by atoms with van der Waals surface area (Å²) >= 11 is 3.46. The summed E-state index contributed by atoms with van der Waals surface area (Å²) in [6, 6.07) is 8.80. The van der Waals surface area contributed by atoms with Gasteiger partial charge in [0.15, 0.2) is 0 Å². The predicted octanol–water partition coefficient (Wildman–Crippen LogP) is 2.76. The van der Waals surface area contributed by atoms with Crippen molar-refractivity contribution in [3.8, 4) is 0 Å². The molecule has 0 spiro atoms. The average Bonchev–Trinajstić information content (AvgIpc) is 3.11. The fraction of sp³-hybridized carbons (Fsp3) is 0.562. The van der Waals surface area contributed by atoms with E-state index in [0.717, 1.165) is 36.8 Å². The second-order valence-corrected chi connectivity index (χ2v) is 6.80. The quantitative estimate of drug-likeness (QED) is 0.916. The van der Waals surface area contributed by atoms with Crippen LogP contribution in [0.25, 0.3) is 0 Å². The van der Waals surface area contributed by atoms with Crippen LogP contribution in [0.3, 0.4) is 0 Å². The fourth-order valence-electron chi connectivity index (χ4n) is 3.33. The topological polar surface area (TPSA) is 32.3 Å². The summed E-state index contributed by atoms with van der Waals surface area (Å²) in [6.07, 6.45) is 3.30. The molecule has 0 aromatic heterocycles. The molecule has 1 aromatic carbocycles. The van der Waals surface area contributed by atoms with Crippen molar-refractivity contribution in [2.24, 2.45) is 5.92 Å². The Morgan fingerprint density at radius 1 is 1.40 bits per heavy atom. The molecule has 3 nitrogen and oxygen atoms in total. The van der Waals surface area contributed by atoms with E-state index >= 15 is 0 Å². The number of nitrogens with zero attached hydrogens (tertiary/aromatic N) is 1. The van der Waals surface area contributed by atoms with Crippen LogP contribution in [0.5, 0.6) is 0 Å². The van der Waals surface area contributed by atoms with Gasteiger partial charge in [-0.3, -0.25) is 4.79 Å². The van der Waals surface area contributed by atoms with Gasteiger partial charge in [0, 0.05) is 29.5 Å². The summed E-state index contributed by atoms with van der Waals surface area (Å²) in [5, 5.41) is 3.20. The lowest BCUT2D eigenvalue weighted by molar-refractivity contribution is -0.133. The van der Waals surface area contributed by atoms with E-state index in [1.54, 1.807) is 0 Å². The van der Waals surface area contributed by atoms with Crippen molar-refractivity contribution in [3.05, 3.63) is 34.3 Å². The van der Waals surface area contributed by atoms with Gasteiger partial charge in [0.1, 0.15) is 0 Å². The standard InChI is InChI=1S/C16H21BrN2O/c1-18-10-13-3-2-8-19(13)16(20)15-9-14(15)11-4-6-12(17)7-5-11/h4-7,13-15,18H,2-3,8-10H2,1H3/t13-,14-,15+/m0/s1. The van der Waals surface area contributed by atoms with Crippen molar-refractivity contribution in [1.29, 1.82) is 0 Å². The second kappa shape index (κ2) is 5.86. The molecule has 0 unspecified atom stereocenters. The van der Waals surface area contributed by atoms with Crippen LogP contribution < -0.4 is 5.32 Å². The van der Waals surface area contributed by atoms with Crippen molar-refractivity contribution in [3.63, 3.8) is 0 Å². The molecule has 3 atom stereocenters. The number of nitrogens with one attached hydrogen (secondary N) is 1. The third kappa shape index (κ3) is 2.77. The number of carbonyl (C=O) groups is 1. The minimum absolute atomic E-state index is 0.216. The molecule has 20 heavy (non-hydrogen) atoms. The van der Waals surface area contributed by atoms with Gasteiger partial charge in [-0.05, 0) is 49.9 Å². The van der Waals surface area contributed by atoms with Gasteiger partial charge in [-0.2, -0.15) is 0 Å². The number of rotatable bonds is 4. The average molecular weight is 337 g/mol. The van der Waals surface area contributed by atoms with E-state index in [9.17, 15) is 4.79 Å². The van der Waals surface area contributed by atoms with Gasteiger partial charge < -0.3 is 10.2 Å². The van der Waals surface area contributed by atoms with Gasteiger partial charge in [-0.15, -0.1) is 0 Å². The molecule has 2 aliphatic rings. The van der Waals surface area contributed by atoms with Crippen LogP contribution in [-0.4, -0.2) is 37.0 Å². The Hall–Kier alpha value is -0.870. The molecule has 1 saturated carbocycles. The highest BCUT2D eigenvalue weighted by atomic mass is 79.9. The van der Waals surface area contributed by atoms with Crippen LogP contribution in [0.1, 0.15) is 30.7 Å². The lowest BCUT2D eigenvalue weighted by Crippen LogP contribution is -2.41.